The molecule has 0 unspecified atom stereocenters. The average Bonchev–Trinajstić information content (AvgIpc) is 2.60. The van der Waals surface area contributed by atoms with E-state index in [1.807, 2.05) is 26.8 Å². The summed E-state index contributed by atoms with van der Waals surface area (Å²) in [5.74, 6) is -0.0806. The summed E-state index contributed by atoms with van der Waals surface area (Å²) in [5, 5.41) is 3.02. The number of carbonyl (C=O) groups excluding carboxylic acids is 1. The van der Waals surface area contributed by atoms with Crippen LogP contribution in [-0.4, -0.2) is 29.9 Å². The van der Waals surface area contributed by atoms with Crippen molar-refractivity contribution >= 4 is 5.91 Å². The second kappa shape index (κ2) is 8.81. The van der Waals surface area contributed by atoms with Crippen molar-refractivity contribution in [1.29, 1.82) is 0 Å². The zero-order valence-electron chi connectivity index (χ0n) is 16.3. The van der Waals surface area contributed by atoms with E-state index in [0.717, 1.165) is 6.54 Å². The standard InChI is InChI=1S/C21H35N3O/c1-21(2,3)19(22)20(25)23-14-16-10-8-9-11-17(16)15-24(4)18-12-6-5-7-13-18/h8-11,18-19H,5-7,12-15,22H2,1-4H3,(H,23,25)/t19-/m1/s1. The van der Waals surface area contributed by atoms with Crippen molar-refractivity contribution in [3.05, 3.63) is 35.4 Å². The van der Waals surface area contributed by atoms with Crippen LogP contribution in [0.4, 0.5) is 0 Å². The van der Waals surface area contributed by atoms with Gasteiger partial charge in [-0.15, -0.1) is 0 Å². The normalized spacial score (nSPS) is 17.5. The molecular formula is C21H35N3O. The number of hydrogen-bond acceptors (Lipinski definition) is 3. The number of nitrogens with two attached hydrogens (primary N) is 1. The number of amides is 1. The number of nitrogens with zero attached hydrogens (tertiary/aromatic N) is 1. The second-order valence-corrected chi connectivity index (χ2v) is 8.54. The van der Waals surface area contributed by atoms with Gasteiger partial charge in [-0.1, -0.05) is 64.3 Å². The van der Waals surface area contributed by atoms with Gasteiger partial charge in [-0.25, -0.2) is 0 Å². The Morgan fingerprint density at radius 2 is 1.80 bits per heavy atom. The van der Waals surface area contributed by atoms with Gasteiger partial charge in [0.15, 0.2) is 0 Å². The van der Waals surface area contributed by atoms with Crippen LogP contribution in [0.25, 0.3) is 0 Å². The number of rotatable bonds is 6. The topological polar surface area (TPSA) is 58.4 Å². The molecule has 0 heterocycles. The van der Waals surface area contributed by atoms with Gasteiger partial charge in [0.05, 0.1) is 6.04 Å². The third-order valence-corrected chi connectivity index (χ3v) is 5.40. The molecule has 4 nitrogen and oxygen atoms in total. The highest BCUT2D eigenvalue weighted by Gasteiger charge is 2.27. The van der Waals surface area contributed by atoms with Crippen LogP contribution in [0.1, 0.15) is 64.0 Å². The lowest BCUT2D eigenvalue weighted by atomic mass is 9.87. The summed E-state index contributed by atoms with van der Waals surface area (Å²) < 4.78 is 0. The first-order valence-corrected chi connectivity index (χ1v) is 9.59. The third-order valence-electron chi connectivity index (χ3n) is 5.40. The van der Waals surface area contributed by atoms with Crippen LogP contribution in [0.2, 0.25) is 0 Å². The van der Waals surface area contributed by atoms with Gasteiger partial charge >= 0.3 is 0 Å². The number of nitrogens with one attached hydrogen (secondary N) is 1. The largest absolute Gasteiger partial charge is 0.351 e. The van der Waals surface area contributed by atoms with Crippen molar-refractivity contribution in [1.82, 2.24) is 10.2 Å². The Kier molecular flexibility index (Phi) is 7.03. The predicted octanol–water partition coefficient (Wildman–Crippen LogP) is 3.44. The summed E-state index contributed by atoms with van der Waals surface area (Å²) in [4.78, 5) is 14.8. The molecule has 1 aromatic carbocycles. The number of benzene rings is 1. The highest BCUT2D eigenvalue weighted by atomic mass is 16.2. The maximum absolute atomic E-state index is 12.3. The predicted molar refractivity (Wildman–Crippen MR) is 104 cm³/mol. The SMILES string of the molecule is CN(Cc1ccccc1CNC(=O)[C@@H](N)C(C)(C)C)C1CCCCC1. The minimum Gasteiger partial charge on any atom is -0.351 e. The Hall–Kier alpha value is -1.39. The van der Waals surface area contributed by atoms with Gasteiger partial charge in [-0.2, -0.15) is 0 Å². The molecule has 1 fully saturated rings. The number of carbonyl (C=O) groups is 1. The molecular weight excluding hydrogens is 310 g/mol. The van der Waals surface area contributed by atoms with E-state index in [-0.39, 0.29) is 11.3 Å². The van der Waals surface area contributed by atoms with E-state index in [0.29, 0.717) is 12.6 Å². The van der Waals surface area contributed by atoms with Crippen LogP contribution < -0.4 is 11.1 Å². The van der Waals surface area contributed by atoms with Crippen LogP contribution in [0.3, 0.4) is 0 Å². The van der Waals surface area contributed by atoms with E-state index in [4.69, 9.17) is 5.73 Å². The molecule has 1 atom stereocenters. The van der Waals surface area contributed by atoms with Crippen LogP contribution in [0.5, 0.6) is 0 Å². The quantitative estimate of drug-likeness (QED) is 0.830. The molecule has 2 rings (SSSR count). The lowest BCUT2D eigenvalue weighted by Crippen LogP contribution is -2.48. The van der Waals surface area contributed by atoms with E-state index in [1.165, 1.54) is 43.2 Å². The fraction of sp³-hybridized carbons (Fsp3) is 0.667. The Morgan fingerprint density at radius 1 is 1.20 bits per heavy atom. The molecule has 0 radical (unpaired) electrons. The first-order valence-electron chi connectivity index (χ1n) is 9.59. The molecule has 1 aliphatic rings. The molecule has 4 heteroatoms. The van der Waals surface area contributed by atoms with E-state index >= 15 is 0 Å². The summed E-state index contributed by atoms with van der Waals surface area (Å²) in [5.41, 5.74) is 8.30. The Morgan fingerprint density at radius 3 is 2.40 bits per heavy atom. The lowest BCUT2D eigenvalue weighted by molar-refractivity contribution is -0.124. The van der Waals surface area contributed by atoms with Gasteiger partial charge in [0.25, 0.3) is 0 Å². The molecule has 3 N–H and O–H groups in total. The zero-order chi connectivity index (χ0) is 18.4. The molecule has 0 bridgehead atoms. The summed E-state index contributed by atoms with van der Waals surface area (Å²) in [7, 11) is 2.22. The molecule has 25 heavy (non-hydrogen) atoms. The van der Waals surface area contributed by atoms with Crippen molar-refractivity contribution in [3.8, 4) is 0 Å². The summed E-state index contributed by atoms with van der Waals surface area (Å²) in [6.45, 7) is 7.44. The van der Waals surface area contributed by atoms with Gasteiger partial charge in [-0.05, 0) is 36.4 Å². The molecule has 1 saturated carbocycles. The summed E-state index contributed by atoms with van der Waals surface area (Å²) >= 11 is 0. The first-order chi connectivity index (χ1) is 11.8. The lowest BCUT2D eigenvalue weighted by Gasteiger charge is -2.31. The maximum Gasteiger partial charge on any atom is 0.237 e. The smallest absolute Gasteiger partial charge is 0.237 e. The van der Waals surface area contributed by atoms with Crippen molar-refractivity contribution in [2.45, 2.75) is 78.0 Å². The molecule has 0 saturated heterocycles. The van der Waals surface area contributed by atoms with Crippen LogP contribution >= 0.6 is 0 Å². The Bertz CT molecular complexity index is 559. The fourth-order valence-electron chi connectivity index (χ4n) is 3.49. The van der Waals surface area contributed by atoms with Gasteiger partial charge in [0.2, 0.25) is 5.91 Å². The van der Waals surface area contributed by atoms with E-state index in [2.05, 4.69) is 35.5 Å². The van der Waals surface area contributed by atoms with Crippen molar-refractivity contribution < 1.29 is 4.79 Å². The minimum atomic E-state index is -0.496. The Balaban J connectivity index is 1.96. The van der Waals surface area contributed by atoms with Crippen LogP contribution in [0, 0.1) is 5.41 Å². The molecule has 140 valence electrons. The molecule has 0 aliphatic heterocycles. The fourth-order valence-corrected chi connectivity index (χ4v) is 3.49. The average molecular weight is 346 g/mol. The Labute approximate surface area is 153 Å². The minimum absolute atomic E-state index is 0.0806. The first kappa shape index (κ1) is 19.9. The summed E-state index contributed by atoms with van der Waals surface area (Å²) in [6.07, 6.45) is 6.67. The summed E-state index contributed by atoms with van der Waals surface area (Å²) in [6, 6.07) is 8.58. The third kappa shape index (κ3) is 5.82. The van der Waals surface area contributed by atoms with E-state index in [9.17, 15) is 4.79 Å². The molecule has 1 aliphatic carbocycles. The van der Waals surface area contributed by atoms with Crippen LogP contribution in [0.15, 0.2) is 24.3 Å². The second-order valence-electron chi connectivity index (χ2n) is 8.54. The molecule has 0 aromatic heterocycles. The van der Waals surface area contributed by atoms with E-state index in [1.54, 1.807) is 0 Å². The van der Waals surface area contributed by atoms with Gasteiger partial charge < -0.3 is 11.1 Å². The monoisotopic (exact) mass is 345 g/mol. The van der Waals surface area contributed by atoms with Crippen molar-refractivity contribution in [2.75, 3.05) is 7.05 Å². The number of hydrogen-bond donors (Lipinski definition) is 2. The van der Waals surface area contributed by atoms with E-state index < -0.39 is 6.04 Å². The van der Waals surface area contributed by atoms with Crippen molar-refractivity contribution in [2.24, 2.45) is 11.1 Å². The highest BCUT2D eigenvalue weighted by molar-refractivity contribution is 5.82. The maximum atomic E-state index is 12.3. The molecule has 0 spiro atoms. The molecule has 1 amide bonds. The molecule has 1 aromatic rings. The van der Waals surface area contributed by atoms with Crippen molar-refractivity contribution in [3.63, 3.8) is 0 Å². The van der Waals surface area contributed by atoms with Gasteiger partial charge in [0, 0.05) is 19.1 Å². The van der Waals surface area contributed by atoms with Gasteiger partial charge in [0.1, 0.15) is 0 Å². The zero-order valence-corrected chi connectivity index (χ0v) is 16.3. The highest BCUT2D eigenvalue weighted by Crippen LogP contribution is 2.23. The van der Waals surface area contributed by atoms with Crippen LogP contribution in [-0.2, 0) is 17.9 Å². The van der Waals surface area contributed by atoms with Gasteiger partial charge in [-0.3, -0.25) is 9.69 Å².